The summed E-state index contributed by atoms with van der Waals surface area (Å²) < 4.78 is 0.982. The highest BCUT2D eigenvalue weighted by Crippen LogP contribution is 2.31. The van der Waals surface area contributed by atoms with Crippen LogP contribution in [0.3, 0.4) is 0 Å². The van der Waals surface area contributed by atoms with Crippen molar-refractivity contribution in [1.82, 2.24) is 4.98 Å². The van der Waals surface area contributed by atoms with Crippen LogP contribution in [-0.2, 0) is 4.79 Å². The maximum absolute atomic E-state index is 12.0. The zero-order chi connectivity index (χ0) is 15.5. The van der Waals surface area contributed by atoms with E-state index in [4.69, 9.17) is 11.6 Å². The fraction of sp³-hybridized carbons (Fsp3) is 0.125. The normalized spacial score (nSPS) is 10.8. The highest BCUT2D eigenvalue weighted by atomic mass is 35.5. The Morgan fingerprint density at radius 2 is 2.09 bits per heavy atom. The van der Waals surface area contributed by atoms with Gasteiger partial charge in [0.15, 0.2) is 5.13 Å². The van der Waals surface area contributed by atoms with E-state index in [0.29, 0.717) is 15.9 Å². The Labute approximate surface area is 141 Å². The fourth-order valence-corrected chi connectivity index (χ4v) is 4.09. The van der Waals surface area contributed by atoms with E-state index in [0.717, 1.165) is 20.7 Å². The Balaban J connectivity index is 1.68. The van der Waals surface area contributed by atoms with Gasteiger partial charge >= 0.3 is 0 Å². The number of thioether (sulfide) groups is 1. The average Bonchev–Trinajstić information content (AvgIpc) is 2.89. The first kappa shape index (κ1) is 15.3. The Bertz CT molecular complexity index is 818. The molecule has 112 valence electrons. The standard InChI is InChI=1S/C16H13ClN2OS2/c1-10-7-11(17)8-13-15(10)19-16(22-13)18-14(20)9-21-12-5-3-2-4-6-12/h2-8H,9H2,1H3,(H,18,19,20). The minimum atomic E-state index is -0.0586. The first-order valence-corrected chi connectivity index (χ1v) is 8.84. The maximum Gasteiger partial charge on any atom is 0.236 e. The van der Waals surface area contributed by atoms with Crippen molar-refractivity contribution in [2.45, 2.75) is 11.8 Å². The van der Waals surface area contributed by atoms with E-state index in [1.54, 1.807) is 0 Å². The average molecular weight is 349 g/mol. The number of aromatic nitrogens is 1. The number of fused-ring (bicyclic) bond motifs is 1. The summed E-state index contributed by atoms with van der Waals surface area (Å²) in [5.74, 6) is 0.302. The third-order valence-corrected chi connectivity index (χ3v) is 5.16. The zero-order valence-corrected chi connectivity index (χ0v) is 14.2. The molecule has 1 amide bonds. The van der Waals surface area contributed by atoms with Crippen LogP contribution < -0.4 is 5.32 Å². The lowest BCUT2D eigenvalue weighted by Crippen LogP contribution is -2.13. The van der Waals surface area contributed by atoms with Gasteiger partial charge in [0.25, 0.3) is 0 Å². The summed E-state index contributed by atoms with van der Waals surface area (Å²) >= 11 is 8.99. The van der Waals surface area contributed by atoms with Gasteiger partial charge in [0, 0.05) is 9.92 Å². The summed E-state index contributed by atoms with van der Waals surface area (Å²) in [4.78, 5) is 17.6. The molecule has 3 rings (SSSR count). The van der Waals surface area contributed by atoms with Crippen LogP contribution in [0.25, 0.3) is 10.2 Å². The maximum atomic E-state index is 12.0. The summed E-state index contributed by atoms with van der Waals surface area (Å²) in [6, 6.07) is 13.6. The van der Waals surface area contributed by atoms with Crippen molar-refractivity contribution in [3.8, 4) is 0 Å². The van der Waals surface area contributed by atoms with Crippen molar-refractivity contribution < 1.29 is 4.79 Å². The summed E-state index contributed by atoms with van der Waals surface area (Å²) in [7, 11) is 0. The number of thiazole rings is 1. The van der Waals surface area contributed by atoms with Gasteiger partial charge in [-0.15, -0.1) is 11.8 Å². The van der Waals surface area contributed by atoms with E-state index in [-0.39, 0.29) is 5.91 Å². The summed E-state index contributed by atoms with van der Waals surface area (Å²) in [6.07, 6.45) is 0. The van der Waals surface area contributed by atoms with Gasteiger partial charge in [-0.3, -0.25) is 4.79 Å². The quantitative estimate of drug-likeness (QED) is 0.675. The number of aryl methyl sites for hydroxylation is 1. The fourth-order valence-electron chi connectivity index (χ4n) is 2.03. The van der Waals surface area contributed by atoms with Crippen LogP contribution in [0, 0.1) is 6.92 Å². The zero-order valence-electron chi connectivity index (χ0n) is 11.8. The number of rotatable bonds is 4. The van der Waals surface area contributed by atoms with Gasteiger partial charge in [0.2, 0.25) is 5.91 Å². The molecule has 0 aliphatic rings. The van der Waals surface area contributed by atoms with Gasteiger partial charge < -0.3 is 5.32 Å². The predicted molar refractivity (Wildman–Crippen MR) is 95.2 cm³/mol. The second-order valence-corrected chi connectivity index (χ2v) is 7.25. The number of nitrogens with one attached hydrogen (secondary N) is 1. The van der Waals surface area contributed by atoms with Gasteiger partial charge in [-0.05, 0) is 36.8 Å². The molecule has 6 heteroatoms. The second-order valence-electron chi connectivity index (χ2n) is 4.74. The smallest absolute Gasteiger partial charge is 0.236 e. The number of hydrogen-bond donors (Lipinski definition) is 1. The molecule has 0 atom stereocenters. The molecule has 0 saturated heterocycles. The number of hydrogen-bond acceptors (Lipinski definition) is 4. The van der Waals surface area contributed by atoms with Crippen molar-refractivity contribution in [3.05, 3.63) is 53.1 Å². The highest BCUT2D eigenvalue weighted by Gasteiger charge is 2.10. The van der Waals surface area contributed by atoms with Crippen LogP contribution in [0.5, 0.6) is 0 Å². The molecule has 0 spiro atoms. The number of amides is 1. The molecule has 22 heavy (non-hydrogen) atoms. The van der Waals surface area contributed by atoms with Gasteiger partial charge in [-0.25, -0.2) is 4.98 Å². The monoisotopic (exact) mass is 348 g/mol. The van der Waals surface area contributed by atoms with E-state index in [1.165, 1.54) is 23.1 Å². The lowest BCUT2D eigenvalue weighted by Gasteiger charge is -2.01. The SMILES string of the molecule is Cc1cc(Cl)cc2sc(NC(=O)CSc3ccccc3)nc12. The molecule has 0 saturated carbocycles. The molecule has 0 unspecified atom stereocenters. The number of halogens is 1. The van der Waals surface area contributed by atoms with Crippen molar-refractivity contribution >= 4 is 56.0 Å². The Morgan fingerprint density at radius 1 is 1.32 bits per heavy atom. The van der Waals surface area contributed by atoms with Crippen LogP contribution >= 0.6 is 34.7 Å². The van der Waals surface area contributed by atoms with Crippen molar-refractivity contribution in [3.63, 3.8) is 0 Å². The number of carbonyl (C=O) groups is 1. The number of benzene rings is 2. The first-order chi connectivity index (χ1) is 10.6. The number of anilines is 1. The van der Waals surface area contributed by atoms with E-state index in [9.17, 15) is 4.79 Å². The molecule has 1 aromatic heterocycles. The molecule has 3 aromatic rings. The topological polar surface area (TPSA) is 42.0 Å². The molecule has 0 aliphatic heterocycles. The molecule has 0 fully saturated rings. The van der Waals surface area contributed by atoms with Crippen molar-refractivity contribution in [2.75, 3.05) is 11.1 Å². The summed E-state index contributed by atoms with van der Waals surface area (Å²) in [6.45, 7) is 1.96. The molecule has 1 N–H and O–H groups in total. The molecule has 3 nitrogen and oxygen atoms in total. The van der Waals surface area contributed by atoms with Gasteiger partial charge in [0.05, 0.1) is 16.0 Å². The van der Waals surface area contributed by atoms with Crippen LogP contribution in [-0.4, -0.2) is 16.6 Å². The minimum absolute atomic E-state index is 0.0586. The third kappa shape index (κ3) is 3.61. The molecular formula is C16H13ClN2OS2. The minimum Gasteiger partial charge on any atom is -0.301 e. The largest absolute Gasteiger partial charge is 0.301 e. The lowest BCUT2D eigenvalue weighted by molar-refractivity contribution is -0.113. The van der Waals surface area contributed by atoms with Gasteiger partial charge in [-0.2, -0.15) is 0 Å². The molecule has 0 radical (unpaired) electrons. The Kier molecular flexibility index (Phi) is 4.66. The van der Waals surface area contributed by atoms with Gasteiger partial charge in [-0.1, -0.05) is 41.1 Å². The third-order valence-electron chi connectivity index (χ3n) is 3.01. The Morgan fingerprint density at radius 3 is 2.86 bits per heavy atom. The summed E-state index contributed by atoms with van der Waals surface area (Å²) in [5, 5.41) is 4.15. The molecule has 1 heterocycles. The highest BCUT2D eigenvalue weighted by molar-refractivity contribution is 8.00. The van der Waals surface area contributed by atoms with E-state index < -0.39 is 0 Å². The van der Waals surface area contributed by atoms with Crippen LogP contribution in [0.2, 0.25) is 5.02 Å². The molecule has 0 aliphatic carbocycles. The molecular weight excluding hydrogens is 336 g/mol. The summed E-state index contributed by atoms with van der Waals surface area (Å²) in [5.41, 5.74) is 1.90. The van der Waals surface area contributed by atoms with Crippen molar-refractivity contribution in [2.24, 2.45) is 0 Å². The van der Waals surface area contributed by atoms with E-state index in [2.05, 4.69) is 10.3 Å². The van der Waals surface area contributed by atoms with E-state index in [1.807, 2.05) is 49.4 Å². The Hall–Kier alpha value is -1.56. The van der Waals surface area contributed by atoms with Crippen LogP contribution in [0.1, 0.15) is 5.56 Å². The van der Waals surface area contributed by atoms with E-state index >= 15 is 0 Å². The number of nitrogens with zero attached hydrogens (tertiary/aromatic N) is 1. The van der Waals surface area contributed by atoms with Crippen LogP contribution in [0.4, 0.5) is 5.13 Å². The first-order valence-electron chi connectivity index (χ1n) is 6.66. The molecule has 0 bridgehead atoms. The molecule has 2 aromatic carbocycles. The van der Waals surface area contributed by atoms with Gasteiger partial charge in [0.1, 0.15) is 0 Å². The number of carbonyl (C=O) groups excluding carboxylic acids is 1. The lowest BCUT2D eigenvalue weighted by atomic mass is 10.2. The van der Waals surface area contributed by atoms with Crippen LogP contribution in [0.15, 0.2) is 47.4 Å². The second kappa shape index (κ2) is 6.69. The predicted octanol–water partition coefficient (Wildman–Crippen LogP) is 4.99. The van der Waals surface area contributed by atoms with Crippen molar-refractivity contribution in [1.29, 1.82) is 0 Å².